The van der Waals surface area contributed by atoms with Crippen molar-refractivity contribution in [2.75, 3.05) is 26.4 Å². The quantitative estimate of drug-likeness (QED) is 0.560. The molecule has 1 aromatic carbocycles. The monoisotopic (exact) mass is 383 g/mol. The first-order valence-corrected chi connectivity index (χ1v) is 7.02. The van der Waals surface area contributed by atoms with Crippen LogP contribution < -0.4 is 5.32 Å². The number of rotatable bonds is 7. The van der Waals surface area contributed by atoms with Gasteiger partial charge < -0.3 is 15.2 Å². The van der Waals surface area contributed by atoms with Gasteiger partial charge in [0.2, 0.25) is 0 Å². The Labute approximate surface area is 125 Å². The van der Waals surface area contributed by atoms with Crippen LogP contribution in [0.1, 0.15) is 16.8 Å². The highest BCUT2D eigenvalue weighted by molar-refractivity contribution is 14.1. The summed E-state index contributed by atoms with van der Waals surface area (Å²) in [5.41, 5.74) is 0.552. The second-order valence-corrected chi connectivity index (χ2v) is 5.14. The van der Waals surface area contributed by atoms with Crippen molar-refractivity contribution >= 4 is 40.1 Å². The minimum Gasteiger partial charge on any atom is -0.394 e. The van der Waals surface area contributed by atoms with Gasteiger partial charge in [-0.05, 0) is 47.2 Å². The van der Waals surface area contributed by atoms with Crippen molar-refractivity contribution in [1.82, 2.24) is 5.32 Å². The Balaban J connectivity index is 2.30. The van der Waals surface area contributed by atoms with Gasteiger partial charge in [0.25, 0.3) is 5.91 Å². The summed E-state index contributed by atoms with van der Waals surface area (Å²) in [6.45, 7) is 1.41. The van der Waals surface area contributed by atoms with Crippen LogP contribution >= 0.6 is 34.2 Å². The van der Waals surface area contributed by atoms with Crippen molar-refractivity contribution < 1.29 is 14.6 Å². The van der Waals surface area contributed by atoms with Gasteiger partial charge in [-0.3, -0.25) is 4.79 Å². The summed E-state index contributed by atoms with van der Waals surface area (Å²) in [4.78, 5) is 11.7. The highest BCUT2D eigenvalue weighted by Gasteiger charge is 2.06. The molecule has 0 fully saturated rings. The maximum atomic E-state index is 11.7. The molecule has 0 aliphatic carbocycles. The van der Waals surface area contributed by atoms with E-state index in [-0.39, 0.29) is 12.5 Å². The van der Waals surface area contributed by atoms with E-state index in [0.717, 1.165) is 3.57 Å². The first-order valence-electron chi connectivity index (χ1n) is 5.57. The fraction of sp³-hybridized carbons (Fsp3) is 0.417. The molecule has 18 heavy (non-hydrogen) atoms. The molecule has 0 bridgehead atoms. The molecule has 1 amide bonds. The SMILES string of the molecule is O=C(NCCCOCCO)c1ccc(I)c(Cl)c1. The molecule has 0 aliphatic heterocycles. The summed E-state index contributed by atoms with van der Waals surface area (Å²) in [5, 5.41) is 11.9. The lowest BCUT2D eigenvalue weighted by atomic mass is 10.2. The van der Waals surface area contributed by atoms with Gasteiger partial charge in [-0.15, -0.1) is 0 Å². The molecule has 0 spiro atoms. The lowest BCUT2D eigenvalue weighted by molar-refractivity contribution is 0.0867. The third kappa shape index (κ3) is 5.51. The maximum absolute atomic E-state index is 11.7. The van der Waals surface area contributed by atoms with E-state index in [1.165, 1.54) is 0 Å². The van der Waals surface area contributed by atoms with Crippen LogP contribution in [-0.4, -0.2) is 37.4 Å². The van der Waals surface area contributed by atoms with Crippen LogP contribution in [0.4, 0.5) is 0 Å². The Hall–Kier alpha value is -0.370. The lowest BCUT2D eigenvalue weighted by Crippen LogP contribution is -2.25. The molecule has 0 saturated carbocycles. The Morgan fingerprint density at radius 3 is 2.89 bits per heavy atom. The molecule has 0 atom stereocenters. The number of aliphatic hydroxyl groups is 1. The van der Waals surface area contributed by atoms with Gasteiger partial charge in [0.15, 0.2) is 0 Å². The van der Waals surface area contributed by atoms with Gasteiger partial charge >= 0.3 is 0 Å². The number of nitrogens with one attached hydrogen (secondary N) is 1. The average molecular weight is 384 g/mol. The summed E-state index contributed by atoms with van der Waals surface area (Å²) in [6.07, 6.45) is 0.712. The van der Waals surface area contributed by atoms with Crippen molar-refractivity contribution in [2.45, 2.75) is 6.42 Å². The van der Waals surface area contributed by atoms with Gasteiger partial charge in [-0.2, -0.15) is 0 Å². The molecular formula is C12H15ClINO3. The molecule has 0 aromatic heterocycles. The number of carbonyl (C=O) groups is 1. The number of halogens is 2. The first kappa shape index (κ1) is 15.7. The van der Waals surface area contributed by atoms with Gasteiger partial charge in [-0.1, -0.05) is 11.6 Å². The fourth-order valence-corrected chi connectivity index (χ4v) is 1.80. The Bertz CT molecular complexity index is 401. The topological polar surface area (TPSA) is 58.6 Å². The molecule has 0 heterocycles. The van der Waals surface area contributed by atoms with Gasteiger partial charge in [0.05, 0.1) is 18.2 Å². The van der Waals surface area contributed by atoms with Crippen LogP contribution in [0.2, 0.25) is 5.02 Å². The van der Waals surface area contributed by atoms with E-state index in [1.807, 2.05) is 6.07 Å². The molecule has 1 aromatic rings. The third-order valence-corrected chi connectivity index (χ3v) is 3.74. The Kier molecular flexibility index (Phi) is 7.57. The Morgan fingerprint density at radius 2 is 2.22 bits per heavy atom. The molecule has 0 saturated heterocycles. The minimum absolute atomic E-state index is 0.0213. The van der Waals surface area contributed by atoms with Crippen molar-refractivity contribution in [3.8, 4) is 0 Å². The van der Waals surface area contributed by atoms with Crippen LogP contribution in [0, 0.1) is 3.57 Å². The molecule has 0 radical (unpaired) electrons. The number of aliphatic hydroxyl groups excluding tert-OH is 1. The number of hydrogen-bond acceptors (Lipinski definition) is 3. The van der Waals surface area contributed by atoms with E-state index < -0.39 is 0 Å². The van der Waals surface area contributed by atoms with Gasteiger partial charge in [-0.25, -0.2) is 0 Å². The van der Waals surface area contributed by atoms with Gasteiger partial charge in [0.1, 0.15) is 0 Å². The van der Waals surface area contributed by atoms with Crippen LogP contribution in [0.25, 0.3) is 0 Å². The smallest absolute Gasteiger partial charge is 0.251 e. The number of carbonyl (C=O) groups excluding carboxylic acids is 1. The minimum atomic E-state index is -0.143. The number of amides is 1. The molecule has 0 unspecified atom stereocenters. The molecule has 4 nitrogen and oxygen atoms in total. The third-order valence-electron chi connectivity index (χ3n) is 2.17. The predicted molar refractivity (Wildman–Crippen MR) is 79.0 cm³/mol. The van der Waals surface area contributed by atoms with Crippen LogP contribution in [0.15, 0.2) is 18.2 Å². The summed E-state index contributed by atoms with van der Waals surface area (Å²) in [7, 11) is 0. The lowest BCUT2D eigenvalue weighted by Gasteiger charge is -2.06. The normalized spacial score (nSPS) is 10.4. The molecule has 0 aliphatic rings. The predicted octanol–water partition coefficient (Wildman–Crippen LogP) is 2.07. The Morgan fingerprint density at radius 1 is 1.44 bits per heavy atom. The second-order valence-electron chi connectivity index (χ2n) is 3.57. The molecule has 2 N–H and O–H groups in total. The second kappa shape index (κ2) is 8.68. The molecule has 6 heteroatoms. The van der Waals surface area contributed by atoms with Crippen LogP contribution in [-0.2, 0) is 4.74 Å². The standard InChI is InChI=1S/C12H15ClINO3/c13-10-8-9(2-3-11(10)14)12(17)15-4-1-6-18-7-5-16/h2-3,8,16H,1,4-7H2,(H,15,17). The fourth-order valence-electron chi connectivity index (χ4n) is 1.28. The van der Waals surface area contributed by atoms with E-state index in [9.17, 15) is 4.79 Å². The van der Waals surface area contributed by atoms with Crippen molar-refractivity contribution in [3.05, 3.63) is 32.4 Å². The van der Waals surface area contributed by atoms with Gasteiger partial charge in [0, 0.05) is 22.3 Å². The van der Waals surface area contributed by atoms with E-state index in [0.29, 0.717) is 36.8 Å². The summed E-state index contributed by atoms with van der Waals surface area (Å²) in [6, 6.07) is 5.20. The number of ether oxygens (including phenoxy) is 1. The van der Waals surface area contributed by atoms with Crippen molar-refractivity contribution in [3.63, 3.8) is 0 Å². The highest BCUT2D eigenvalue weighted by Crippen LogP contribution is 2.19. The van der Waals surface area contributed by atoms with E-state index >= 15 is 0 Å². The summed E-state index contributed by atoms with van der Waals surface area (Å²) >= 11 is 8.06. The zero-order chi connectivity index (χ0) is 13.4. The average Bonchev–Trinajstić information content (AvgIpc) is 2.36. The highest BCUT2D eigenvalue weighted by atomic mass is 127. The zero-order valence-electron chi connectivity index (χ0n) is 9.79. The largest absolute Gasteiger partial charge is 0.394 e. The van der Waals surface area contributed by atoms with E-state index in [4.69, 9.17) is 21.4 Å². The molecule has 100 valence electrons. The maximum Gasteiger partial charge on any atom is 0.251 e. The van der Waals surface area contributed by atoms with Crippen molar-refractivity contribution in [2.24, 2.45) is 0 Å². The molecular weight excluding hydrogens is 368 g/mol. The van der Waals surface area contributed by atoms with Crippen LogP contribution in [0.3, 0.4) is 0 Å². The van der Waals surface area contributed by atoms with Crippen LogP contribution in [0.5, 0.6) is 0 Å². The number of benzene rings is 1. The zero-order valence-corrected chi connectivity index (χ0v) is 12.7. The number of hydrogen-bond donors (Lipinski definition) is 2. The molecule has 1 rings (SSSR count). The van der Waals surface area contributed by atoms with Crippen molar-refractivity contribution in [1.29, 1.82) is 0 Å². The summed E-state index contributed by atoms with van der Waals surface area (Å²) < 4.78 is 6.00. The first-order chi connectivity index (χ1) is 8.65. The summed E-state index contributed by atoms with van der Waals surface area (Å²) in [5.74, 6) is -0.143. The van der Waals surface area contributed by atoms with E-state index in [2.05, 4.69) is 27.9 Å². The van der Waals surface area contributed by atoms with E-state index in [1.54, 1.807) is 12.1 Å².